The minimum Gasteiger partial charge on any atom is -0.462 e. The maximum Gasteiger partial charge on any atom is 0.330 e. The van der Waals surface area contributed by atoms with Crippen molar-refractivity contribution in [2.45, 2.75) is 51.7 Å². The van der Waals surface area contributed by atoms with E-state index in [1.165, 1.54) is 26.1 Å². The zero-order valence-corrected chi connectivity index (χ0v) is 16.4. The molecule has 2 rings (SSSR count). The van der Waals surface area contributed by atoms with Gasteiger partial charge in [0, 0.05) is 32.5 Å². The van der Waals surface area contributed by atoms with E-state index in [0.717, 1.165) is 18.4 Å². The number of carbonyl (C=O) groups excluding carboxylic acids is 3. The lowest BCUT2D eigenvalue weighted by atomic mass is 9.95. The molecule has 0 aromatic carbocycles. The zero-order chi connectivity index (χ0) is 21.9. The highest BCUT2D eigenvalue weighted by molar-refractivity contribution is 5.68. The average molecular weight is 410 g/mol. The molecule has 1 aromatic rings. The number of carbonyl (C=O) groups is 3. The molecule has 0 amide bonds. The fourth-order valence-electron chi connectivity index (χ4n) is 2.99. The Kier molecular flexibility index (Phi) is 6.42. The monoisotopic (exact) mass is 410 g/mol. The molecule has 1 saturated heterocycles. The summed E-state index contributed by atoms with van der Waals surface area (Å²) in [6.07, 6.45) is -1.43. The molecule has 29 heavy (non-hydrogen) atoms. The van der Waals surface area contributed by atoms with Crippen LogP contribution in [-0.2, 0) is 33.3 Å². The Morgan fingerprint density at radius 2 is 1.83 bits per heavy atom. The fourth-order valence-corrected chi connectivity index (χ4v) is 2.99. The van der Waals surface area contributed by atoms with Crippen LogP contribution >= 0.6 is 0 Å². The summed E-state index contributed by atoms with van der Waals surface area (Å²) in [5.74, 6) is -2.10. The molecular weight excluding hydrogens is 388 g/mol. The third-order valence-electron chi connectivity index (χ3n) is 4.26. The molecule has 0 bridgehead atoms. The van der Waals surface area contributed by atoms with Gasteiger partial charge >= 0.3 is 23.6 Å². The second-order valence-electron chi connectivity index (χ2n) is 6.53. The Hall–Kier alpha value is -3.21. The molecule has 0 saturated carbocycles. The van der Waals surface area contributed by atoms with Crippen LogP contribution in [0.1, 0.15) is 32.6 Å². The van der Waals surface area contributed by atoms with Gasteiger partial charge in [0.25, 0.3) is 5.56 Å². The van der Waals surface area contributed by atoms with Crippen LogP contribution in [0, 0.1) is 6.92 Å². The fraction of sp³-hybridized carbons (Fsp3) is 0.500. The van der Waals surface area contributed by atoms with E-state index in [1.54, 1.807) is 0 Å². The lowest BCUT2D eigenvalue weighted by Gasteiger charge is -2.30. The van der Waals surface area contributed by atoms with E-state index in [-0.39, 0.29) is 5.56 Å². The number of nitrogens with zero attached hydrogens (tertiary/aromatic N) is 1. The van der Waals surface area contributed by atoms with E-state index in [0.29, 0.717) is 0 Å². The first-order valence-corrected chi connectivity index (χ1v) is 8.62. The van der Waals surface area contributed by atoms with Crippen LogP contribution in [0.25, 0.3) is 0 Å². The highest BCUT2D eigenvalue weighted by Crippen LogP contribution is 2.41. The molecule has 1 N–H and O–H groups in total. The molecule has 158 valence electrons. The van der Waals surface area contributed by atoms with Crippen LogP contribution in [0.2, 0.25) is 0 Å². The van der Waals surface area contributed by atoms with Crippen molar-refractivity contribution in [3.05, 3.63) is 45.3 Å². The maximum absolute atomic E-state index is 12.4. The molecular formula is C18H22N2O9. The Bertz CT molecular complexity index is 947. The van der Waals surface area contributed by atoms with Crippen molar-refractivity contribution >= 4 is 17.9 Å². The van der Waals surface area contributed by atoms with Crippen molar-refractivity contribution in [1.29, 1.82) is 0 Å². The van der Waals surface area contributed by atoms with Gasteiger partial charge in [0.2, 0.25) is 0 Å². The van der Waals surface area contributed by atoms with Gasteiger partial charge in [-0.05, 0) is 6.92 Å². The number of ether oxygens (including phenoxy) is 4. The van der Waals surface area contributed by atoms with Crippen molar-refractivity contribution in [3.8, 4) is 0 Å². The zero-order valence-electron chi connectivity index (χ0n) is 16.4. The quantitative estimate of drug-likeness (QED) is 0.380. The molecule has 11 heteroatoms. The van der Waals surface area contributed by atoms with Crippen LogP contribution in [0.4, 0.5) is 0 Å². The number of aryl methyl sites for hydroxylation is 1. The maximum atomic E-state index is 12.4. The first-order chi connectivity index (χ1) is 13.5. The van der Waals surface area contributed by atoms with Crippen molar-refractivity contribution in [3.63, 3.8) is 0 Å². The third-order valence-corrected chi connectivity index (χ3v) is 4.26. The molecule has 1 fully saturated rings. The summed E-state index contributed by atoms with van der Waals surface area (Å²) >= 11 is 0. The summed E-state index contributed by atoms with van der Waals surface area (Å²) in [5, 5.41) is 0. The van der Waals surface area contributed by atoms with Crippen molar-refractivity contribution in [2.75, 3.05) is 6.61 Å². The van der Waals surface area contributed by atoms with Gasteiger partial charge in [-0.2, -0.15) is 0 Å². The molecule has 2 unspecified atom stereocenters. The summed E-state index contributed by atoms with van der Waals surface area (Å²) in [7, 11) is 0. The first kappa shape index (κ1) is 22.1. The lowest BCUT2D eigenvalue weighted by Crippen LogP contribution is -2.49. The Balaban J connectivity index is 2.64. The minimum absolute atomic E-state index is 0.190. The number of hydrogen-bond donors (Lipinski definition) is 1. The van der Waals surface area contributed by atoms with Crippen LogP contribution in [0.15, 0.2) is 28.4 Å². The molecule has 1 aromatic heterocycles. The number of aromatic nitrogens is 2. The summed E-state index contributed by atoms with van der Waals surface area (Å²) in [4.78, 5) is 60.9. The van der Waals surface area contributed by atoms with Gasteiger partial charge in [-0.25, -0.2) is 4.79 Å². The number of esters is 3. The predicted octanol–water partition coefficient (Wildman–Crippen LogP) is -0.275. The van der Waals surface area contributed by atoms with E-state index >= 15 is 0 Å². The Morgan fingerprint density at radius 1 is 1.21 bits per heavy atom. The van der Waals surface area contributed by atoms with Crippen molar-refractivity contribution in [1.82, 2.24) is 9.55 Å². The van der Waals surface area contributed by atoms with Gasteiger partial charge in [-0.3, -0.25) is 28.7 Å². The third kappa shape index (κ3) is 4.62. The number of H-pyrrole nitrogens is 1. The molecule has 0 aliphatic carbocycles. The summed E-state index contributed by atoms with van der Waals surface area (Å²) in [6.45, 7) is 8.13. The molecule has 0 spiro atoms. The summed E-state index contributed by atoms with van der Waals surface area (Å²) in [5.41, 5.74) is -2.86. The van der Waals surface area contributed by atoms with Gasteiger partial charge in [0.1, 0.15) is 6.61 Å². The van der Waals surface area contributed by atoms with Crippen LogP contribution in [-0.4, -0.2) is 51.9 Å². The van der Waals surface area contributed by atoms with E-state index in [4.69, 9.17) is 18.9 Å². The van der Waals surface area contributed by atoms with E-state index in [2.05, 4.69) is 11.6 Å². The van der Waals surface area contributed by atoms with Gasteiger partial charge < -0.3 is 18.9 Å². The largest absolute Gasteiger partial charge is 0.462 e. The smallest absolute Gasteiger partial charge is 0.330 e. The SMILES string of the molecule is C=C[C@]1(COC(C)=O)O[C@@H](n2cc(C)c(=O)[nH]c2=O)C(OC(C)=O)C1OC(C)=O. The number of rotatable bonds is 6. The molecule has 2 heterocycles. The molecule has 1 aliphatic rings. The van der Waals surface area contributed by atoms with E-state index < -0.39 is 59.8 Å². The molecule has 1 aliphatic heterocycles. The van der Waals surface area contributed by atoms with E-state index in [1.807, 2.05) is 0 Å². The van der Waals surface area contributed by atoms with Crippen molar-refractivity contribution < 1.29 is 33.3 Å². The van der Waals surface area contributed by atoms with Crippen LogP contribution in [0.5, 0.6) is 0 Å². The first-order valence-electron chi connectivity index (χ1n) is 8.62. The highest BCUT2D eigenvalue weighted by atomic mass is 16.7. The normalized spacial score (nSPS) is 25.9. The summed E-state index contributed by atoms with van der Waals surface area (Å²) < 4.78 is 22.6. The van der Waals surface area contributed by atoms with Crippen LogP contribution < -0.4 is 11.2 Å². The lowest BCUT2D eigenvalue weighted by molar-refractivity contribution is -0.170. The minimum atomic E-state index is -1.62. The van der Waals surface area contributed by atoms with E-state index in [9.17, 15) is 24.0 Å². The van der Waals surface area contributed by atoms with Gasteiger partial charge in [-0.15, -0.1) is 0 Å². The average Bonchev–Trinajstić information content (AvgIpc) is 2.89. The molecule has 11 nitrogen and oxygen atoms in total. The van der Waals surface area contributed by atoms with Gasteiger partial charge in [0.15, 0.2) is 24.0 Å². The topological polar surface area (TPSA) is 143 Å². The summed E-state index contributed by atoms with van der Waals surface area (Å²) in [6, 6.07) is 0. The number of aromatic amines is 1. The van der Waals surface area contributed by atoms with Gasteiger partial charge in [0.05, 0.1) is 0 Å². The molecule has 0 radical (unpaired) electrons. The van der Waals surface area contributed by atoms with Crippen LogP contribution in [0.3, 0.4) is 0 Å². The highest BCUT2D eigenvalue weighted by Gasteiger charge is 2.59. The second-order valence-corrected chi connectivity index (χ2v) is 6.53. The van der Waals surface area contributed by atoms with Crippen molar-refractivity contribution in [2.24, 2.45) is 0 Å². The number of nitrogens with one attached hydrogen (secondary N) is 1. The standard InChI is InChI=1S/C18H22N2O9/c1-6-18(8-26-10(3)21)14(28-12(5)23)13(27-11(4)22)16(29-18)20-7-9(2)15(24)19-17(20)25/h6-7,13-14,16H,1,8H2,2-5H3,(H,19,24,25)/t13?,14?,16-,18-/m1/s1. The second kappa shape index (κ2) is 8.43. The predicted molar refractivity (Wildman–Crippen MR) is 96.9 cm³/mol. The number of hydrogen-bond acceptors (Lipinski definition) is 9. The molecule has 4 atom stereocenters. The Labute approximate surface area is 165 Å². The van der Waals surface area contributed by atoms with Gasteiger partial charge in [-0.1, -0.05) is 12.7 Å². The Morgan fingerprint density at radius 3 is 2.34 bits per heavy atom.